The quantitative estimate of drug-likeness (QED) is 0.853. The van der Waals surface area contributed by atoms with Gasteiger partial charge in [-0.05, 0) is 44.0 Å². The van der Waals surface area contributed by atoms with E-state index in [1.165, 1.54) is 24.3 Å². The molecule has 1 saturated heterocycles. The smallest absolute Gasteiger partial charge is 0.359 e. The summed E-state index contributed by atoms with van der Waals surface area (Å²) in [6.45, 7) is 2.46. The molecule has 7 heteroatoms. The Bertz CT molecular complexity index is 873. The highest BCUT2D eigenvalue weighted by Crippen LogP contribution is 2.27. The maximum atomic E-state index is 12.8. The lowest BCUT2D eigenvalue weighted by Gasteiger charge is -2.32. The van der Waals surface area contributed by atoms with Gasteiger partial charge in [0.25, 0.3) is 0 Å². The van der Waals surface area contributed by atoms with Gasteiger partial charge < -0.3 is 10.2 Å². The molecule has 1 aromatic carbocycles. The number of fused-ring (bicyclic) bond motifs is 1. The van der Waals surface area contributed by atoms with Gasteiger partial charge in [-0.3, -0.25) is 0 Å². The minimum Gasteiger partial charge on any atom is -0.421 e. The van der Waals surface area contributed by atoms with Crippen LogP contribution in [0.5, 0.6) is 0 Å². The number of piperidine rings is 1. The molecule has 0 radical (unpaired) electrons. The molecule has 0 amide bonds. The first-order valence-electron chi connectivity index (χ1n) is 7.25. The number of nitrogens with zero attached hydrogens (tertiary/aromatic N) is 1. The predicted molar refractivity (Wildman–Crippen MR) is 84.1 cm³/mol. The summed E-state index contributed by atoms with van der Waals surface area (Å²) < 4.78 is 32.2. The molecule has 1 aliphatic heterocycles. The van der Waals surface area contributed by atoms with E-state index in [1.807, 2.05) is 6.92 Å². The van der Waals surface area contributed by atoms with Gasteiger partial charge in [0.05, 0.1) is 4.90 Å². The maximum absolute atomic E-state index is 12.8. The van der Waals surface area contributed by atoms with Crippen molar-refractivity contribution in [2.75, 3.05) is 12.3 Å². The van der Waals surface area contributed by atoms with Crippen LogP contribution >= 0.6 is 0 Å². The minimum absolute atomic E-state index is 0.00628. The molecule has 2 heterocycles. The molecule has 1 fully saturated rings. The summed E-state index contributed by atoms with van der Waals surface area (Å²) in [5, 5.41) is 0.503. The SMILES string of the molecule is CC1CCCCN1S(=O)(=O)c1ccc2oc(=O)c(N)cc2c1. The first kappa shape index (κ1) is 15.1. The summed E-state index contributed by atoms with van der Waals surface area (Å²) in [6, 6.07) is 5.91. The van der Waals surface area contributed by atoms with Crippen LogP contribution in [0.3, 0.4) is 0 Å². The van der Waals surface area contributed by atoms with Gasteiger partial charge in [-0.25, -0.2) is 13.2 Å². The van der Waals surface area contributed by atoms with Crippen molar-refractivity contribution in [3.63, 3.8) is 0 Å². The summed E-state index contributed by atoms with van der Waals surface area (Å²) in [5.74, 6) is 0. The number of sulfonamides is 1. The van der Waals surface area contributed by atoms with E-state index < -0.39 is 15.6 Å². The van der Waals surface area contributed by atoms with Crippen LogP contribution in [0, 0.1) is 0 Å². The summed E-state index contributed by atoms with van der Waals surface area (Å²) in [5.41, 5.74) is 5.22. The van der Waals surface area contributed by atoms with E-state index in [0.717, 1.165) is 19.3 Å². The van der Waals surface area contributed by atoms with Crippen LogP contribution in [0.25, 0.3) is 11.0 Å². The second kappa shape index (κ2) is 5.40. The van der Waals surface area contributed by atoms with Gasteiger partial charge in [0, 0.05) is 18.0 Å². The molecule has 2 N–H and O–H groups in total. The van der Waals surface area contributed by atoms with Crippen molar-refractivity contribution in [3.05, 3.63) is 34.7 Å². The Kier molecular flexibility index (Phi) is 3.70. The fourth-order valence-corrected chi connectivity index (χ4v) is 4.58. The summed E-state index contributed by atoms with van der Waals surface area (Å²) >= 11 is 0. The van der Waals surface area contributed by atoms with Crippen LogP contribution in [0.2, 0.25) is 0 Å². The maximum Gasteiger partial charge on any atom is 0.359 e. The van der Waals surface area contributed by atoms with Crippen LogP contribution in [0.4, 0.5) is 5.69 Å². The molecular formula is C15H18N2O4S. The molecule has 0 aliphatic carbocycles. The monoisotopic (exact) mass is 322 g/mol. The average Bonchev–Trinajstić information content (AvgIpc) is 2.48. The Hall–Kier alpha value is -1.86. The highest BCUT2D eigenvalue weighted by Gasteiger charge is 2.31. The first-order chi connectivity index (χ1) is 10.4. The van der Waals surface area contributed by atoms with Crippen molar-refractivity contribution < 1.29 is 12.8 Å². The molecule has 1 aromatic heterocycles. The largest absolute Gasteiger partial charge is 0.421 e. The molecule has 1 atom stereocenters. The summed E-state index contributed by atoms with van der Waals surface area (Å²) in [6.07, 6.45) is 2.79. The third kappa shape index (κ3) is 2.50. The van der Waals surface area contributed by atoms with E-state index in [9.17, 15) is 13.2 Å². The molecule has 2 aromatic rings. The third-order valence-corrected chi connectivity index (χ3v) is 6.09. The average molecular weight is 322 g/mol. The van der Waals surface area contributed by atoms with E-state index >= 15 is 0 Å². The van der Waals surface area contributed by atoms with Crippen LogP contribution in [-0.4, -0.2) is 25.3 Å². The van der Waals surface area contributed by atoms with Crippen LogP contribution in [-0.2, 0) is 10.0 Å². The highest BCUT2D eigenvalue weighted by atomic mass is 32.2. The molecule has 0 saturated carbocycles. The fraction of sp³-hybridized carbons (Fsp3) is 0.400. The van der Waals surface area contributed by atoms with Gasteiger partial charge in [0.15, 0.2) is 0 Å². The summed E-state index contributed by atoms with van der Waals surface area (Å²) in [7, 11) is -3.55. The zero-order chi connectivity index (χ0) is 15.9. The Morgan fingerprint density at radius 3 is 2.77 bits per heavy atom. The van der Waals surface area contributed by atoms with Crippen LogP contribution < -0.4 is 11.4 Å². The topological polar surface area (TPSA) is 93.6 Å². The second-order valence-electron chi connectivity index (χ2n) is 5.65. The molecule has 0 bridgehead atoms. The second-order valence-corrected chi connectivity index (χ2v) is 7.54. The van der Waals surface area contributed by atoms with E-state index in [2.05, 4.69) is 0 Å². The molecule has 1 unspecified atom stereocenters. The van der Waals surface area contributed by atoms with Crippen molar-refractivity contribution in [3.8, 4) is 0 Å². The van der Waals surface area contributed by atoms with Gasteiger partial charge in [0.2, 0.25) is 10.0 Å². The summed E-state index contributed by atoms with van der Waals surface area (Å²) in [4.78, 5) is 11.6. The van der Waals surface area contributed by atoms with E-state index in [4.69, 9.17) is 10.2 Å². The van der Waals surface area contributed by atoms with Crippen LogP contribution in [0.1, 0.15) is 26.2 Å². The molecule has 0 spiro atoms. The molecular weight excluding hydrogens is 304 g/mol. The Labute approximate surface area is 128 Å². The highest BCUT2D eigenvalue weighted by molar-refractivity contribution is 7.89. The fourth-order valence-electron chi connectivity index (χ4n) is 2.84. The van der Waals surface area contributed by atoms with Crippen molar-refractivity contribution in [2.24, 2.45) is 0 Å². The lowest BCUT2D eigenvalue weighted by molar-refractivity contribution is 0.268. The van der Waals surface area contributed by atoms with Crippen LogP contribution in [0.15, 0.2) is 38.4 Å². The Morgan fingerprint density at radius 1 is 1.27 bits per heavy atom. The first-order valence-corrected chi connectivity index (χ1v) is 8.69. The zero-order valence-electron chi connectivity index (χ0n) is 12.3. The number of nitrogens with two attached hydrogens (primary N) is 1. The van der Waals surface area contributed by atoms with Gasteiger partial charge in [-0.1, -0.05) is 6.42 Å². The Balaban J connectivity index is 2.09. The van der Waals surface area contributed by atoms with Gasteiger partial charge in [0.1, 0.15) is 11.3 Å². The van der Waals surface area contributed by atoms with Crippen molar-refractivity contribution in [1.82, 2.24) is 4.31 Å². The number of hydrogen-bond donors (Lipinski definition) is 1. The van der Waals surface area contributed by atoms with Crippen molar-refractivity contribution in [2.45, 2.75) is 37.1 Å². The zero-order valence-corrected chi connectivity index (χ0v) is 13.1. The van der Waals surface area contributed by atoms with E-state index in [1.54, 1.807) is 4.31 Å². The minimum atomic E-state index is -3.55. The predicted octanol–water partition coefficient (Wildman–Crippen LogP) is 1.94. The molecule has 6 nitrogen and oxygen atoms in total. The number of benzene rings is 1. The lowest BCUT2D eigenvalue weighted by Crippen LogP contribution is -2.41. The lowest BCUT2D eigenvalue weighted by atomic mass is 10.1. The molecule has 1 aliphatic rings. The number of rotatable bonds is 2. The van der Waals surface area contributed by atoms with Gasteiger partial charge in [-0.15, -0.1) is 0 Å². The standard InChI is InChI=1S/C15H18N2O4S/c1-10-4-2-3-7-17(10)22(19,20)12-5-6-14-11(8-12)9-13(16)15(18)21-14/h5-6,8-10H,2-4,7,16H2,1H3. The third-order valence-electron chi connectivity index (χ3n) is 4.08. The van der Waals surface area contributed by atoms with Crippen molar-refractivity contribution in [1.29, 1.82) is 0 Å². The number of nitrogen functional groups attached to an aromatic ring is 1. The van der Waals surface area contributed by atoms with Gasteiger partial charge in [-0.2, -0.15) is 4.31 Å². The van der Waals surface area contributed by atoms with E-state index in [0.29, 0.717) is 17.5 Å². The number of anilines is 1. The molecule has 3 rings (SSSR count). The van der Waals surface area contributed by atoms with Gasteiger partial charge >= 0.3 is 5.63 Å². The Morgan fingerprint density at radius 2 is 2.05 bits per heavy atom. The number of hydrogen-bond acceptors (Lipinski definition) is 5. The molecule has 118 valence electrons. The normalized spacial score (nSPS) is 20.3. The molecule has 22 heavy (non-hydrogen) atoms. The van der Waals surface area contributed by atoms with Crippen molar-refractivity contribution >= 4 is 26.7 Å². The van der Waals surface area contributed by atoms with E-state index in [-0.39, 0.29) is 16.6 Å².